The molecular formula is C22H23F2N5O2. The van der Waals surface area contributed by atoms with Crippen LogP contribution in [0.4, 0.5) is 14.7 Å². The van der Waals surface area contributed by atoms with Gasteiger partial charge in [-0.05, 0) is 32.4 Å². The molecule has 2 aromatic heterocycles. The Hall–Kier alpha value is -2.78. The smallest absolute Gasteiger partial charge is 0.228 e. The first-order valence-electron chi connectivity index (χ1n) is 10.4. The fraction of sp³-hybridized carbons (Fsp3) is 0.455. The fourth-order valence-corrected chi connectivity index (χ4v) is 4.10. The van der Waals surface area contributed by atoms with Gasteiger partial charge in [-0.1, -0.05) is 0 Å². The molecule has 3 aromatic rings. The van der Waals surface area contributed by atoms with Crippen LogP contribution >= 0.6 is 0 Å². The third-order valence-electron chi connectivity index (χ3n) is 5.98. The van der Waals surface area contributed by atoms with Crippen molar-refractivity contribution >= 4 is 17.1 Å². The Bertz CT molecular complexity index is 1140. The van der Waals surface area contributed by atoms with Crippen LogP contribution in [0.15, 0.2) is 18.2 Å². The Labute approximate surface area is 178 Å². The van der Waals surface area contributed by atoms with Gasteiger partial charge >= 0.3 is 0 Å². The lowest BCUT2D eigenvalue weighted by Crippen LogP contribution is -2.46. The lowest BCUT2D eigenvalue weighted by atomic mass is 10.0. The van der Waals surface area contributed by atoms with Gasteiger partial charge in [0.2, 0.25) is 5.95 Å². The van der Waals surface area contributed by atoms with Gasteiger partial charge in [-0.15, -0.1) is 0 Å². The van der Waals surface area contributed by atoms with Crippen LogP contribution in [0.5, 0.6) is 0 Å². The molecule has 0 radical (unpaired) electrons. The van der Waals surface area contributed by atoms with Gasteiger partial charge in [0.25, 0.3) is 0 Å². The van der Waals surface area contributed by atoms with Crippen LogP contribution in [-0.2, 0) is 9.47 Å². The lowest BCUT2D eigenvalue weighted by Gasteiger charge is -2.35. The van der Waals surface area contributed by atoms with Gasteiger partial charge in [-0.3, -0.25) is 0 Å². The molecule has 0 bridgehead atoms. The molecule has 0 amide bonds. The average molecular weight is 427 g/mol. The van der Waals surface area contributed by atoms with Gasteiger partial charge in [-0.25, -0.2) is 23.7 Å². The second kappa shape index (κ2) is 8.05. The molecule has 0 saturated carbocycles. The zero-order chi connectivity index (χ0) is 21.5. The quantitative estimate of drug-likeness (QED) is 0.635. The summed E-state index contributed by atoms with van der Waals surface area (Å²) in [6.45, 7) is 6.89. The van der Waals surface area contributed by atoms with Gasteiger partial charge in [0.1, 0.15) is 22.8 Å². The number of hydrogen-bond donors (Lipinski definition) is 0. The predicted octanol–water partition coefficient (Wildman–Crippen LogP) is 3.22. The minimum atomic E-state index is -0.700. The molecule has 2 atom stereocenters. The number of morpholine rings is 1. The van der Waals surface area contributed by atoms with E-state index >= 15 is 0 Å². The summed E-state index contributed by atoms with van der Waals surface area (Å²) in [6, 6.07) is 3.44. The van der Waals surface area contributed by atoms with Gasteiger partial charge in [0, 0.05) is 37.2 Å². The number of benzene rings is 1. The van der Waals surface area contributed by atoms with E-state index in [1.807, 2.05) is 18.7 Å². The second-order valence-corrected chi connectivity index (χ2v) is 8.04. The number of fused-ring (bicyclic) bond motifs is 1. The van der Waals surface area contributed by atoms with Crippen LogP contribution in [0, 0.1) is 31.4 Å². The maximum absolute atomic E-state index is 14.7. The Morgan fingerprint density at radius 3 is 2.65 bits per heavy atom. The topological polar surface area (TPSA) is 73.3 Å². The molecule has 31 heavy (non-hydrogen) atoms. The summed E-state index contributed by atoms with van der Waals surface area (Å²) >= 11 is 0. The van der Waals surface area contributed by atoms with E-state index in [9.17, 15) is 8.78 Å². The zero-order valence-electron chi connectivity index (χ0n) is 17.4. The summed E-state index contributed by atoms with van der Waals surface area (Å²) in [7, 11) is 0. The Kier molecular flexibility index (Phi) is 5.23. The number of halogens is 2. The maximum atomic E-state index is 14.7. The minimum absolute atomic E-state index is 0.0207. The molecule has 2 aliphatic rings. The van der Waals surface area contributed by atoms with E-state index in [-0.39, 0.29) is 11.7 Å². The average Bonchev–Trinajstić information content (AvgIpc) is 3.29. The third kappa shape index (κ3) is 3.83. The van der Waals surface area contributed by atoms with Crippen LogP contribution in [0.3, 0.4) is 0 Å². The first kappa shape index (κ1) is 20.1. The third-order valence-corrected chi connectivity index (χ3v) is 5.98. The molecule has 1 unspecified atom stereocenters. The van der Waals surface area contributed by atoms with E-state index in [1.54, 1.807) is 0 Å². The van der Waals surface area contributed by atoms with E-state index in [4.69, 9.17) is 9.47 Å². The monoisotopic (exact) mass is 427 g/mol. The van der Waals surface area contributed by atoms with Crippen molar-refractivity contribution in [2.45, 2.75) is 26.4 Å². The van der Waals surface area contributed by atoms with Crippen LogP contribution < -0.4 is 4.90 Å². The van der Waals surface area contributed by atoms with Crippen molar-refractivity contribution in [3.63, 3.8) is 0 Å². The summed E-state index contributed by atoms with van der Waals surface area (Å²) in [6.07, 6.45) is 0.986. The van der Waals surface area contributed by atoms with E-state index in [0.717, 1.165) is 24.8 Å². The normalized spacial score (nSPS) is 21.7. The Balaban J connectivity index is 1.61. The van der Waals surface area contributed by atoms with E-state index < -0.39 is 11.6 Å². The molecule has 0 spiro atoms. The standard InChI is InChI=1S/C22H23F2N5O2/c1-12-13(2)26-21-20(25-12)19(16-4-3-15(23)9-17(16)24)27-22(28-21)29-6-8-31-18(10-29)14-5-7-30-11-14/h3-4,9,14,18H,5-8,10-11H2,1-2H3/t14-,18?/m0/s1. The molecule has 5 rings (SSSR count). The first-order chi connectivity index (χ1) is 15.0. The van der Waals surface area contributed by atoms with E-state index in [1.165, 1.54) is 12.1 Å². The van der Waals surface area contributed by atoms with Crippen LogP contribution in [0.25, 0.3) is 22.4 Å². The number of anilines is 1. The summed E-state index contributed by atoms with van der Waals surface area (Å²) in [5, 5.41) is 0. The number of ether oxygens (including phenoxy) is 2. The lowest BCUT2D eigenvalue weighted by molar-refractivity contribution is -0.00167. The molecule has 7 nitrogen and oxygen atoms in total. The summed E-state index contributed by atoms with van der Waals surface area (Å²) in [5.74, 6) is -0.570. The van der Waals surface area contributed by atoms with Crippen molar-refractivity contribution in [2.24, 2.45) is 5.92 Å². The molecule has 9 heteroatoms. The van der Waals surface area contributed by atoms with Crippen molar-refractivity contribution in [1.29, 1.82) is 0 Å². The molecule has 0 aliphatic carbocycles. The largest absolute Gasteiger partial charge is 0.381 e. The Morgan fingerprint density at radius 1 is 1.03 bits per heavy atom. The Morgan fingerprint density at radius 2 is 1.87 bits per heavy atom. The number of hydrogen-bond acceptors (Lipinski definition) is 7. The number of rotatable bonds is 3. The first-order valence-corrected chi connectivity index (χ1v) is 10.4. The highest BCUT2D eigenvalue weighted by Crippen LogP contribution is 2.31. The molecule has 2 aliphatic heterocycles. The van der Waals surface area contributed by atoms with Gasteiger partial charge in [0.05, 0.1) is 30.7 Å². The highest BCUT2D eigenvalue weighted by molar-refractivity contribution is 5.88. The zero-order valence-corrected chi connectivity index (χ0v) is 17.4. The SMILES string of the molecule is Cc1nc2nc(N3CCOC([C@H]4CCOC4)C3)nc(-c3ccc(F)cc3F)c2nc1C. The molecule has 0 N–H and O–H groups in total. The highest BCUT2D eigenvalue weighted by Gasteiger charge is 2.32. The number of aryl methyl sites for hydroxylation is 2. The molecule has 2 fully saturated rings. The number of nitrogens with zero attached hydrogens (tertiary/aromatic N) is 5. The van der Waals surface area contributed by atoms with Crippen molar-refractivity contribution in [3.8, 4) is 11.3 Å². The molecule has 1 aromatic carbocycles. The second-order valence-electron chi connectivity index (χ2n) is 8.04. The summed E-state index contributed by atoms with van der Waals surface area (Å²) in [4.78, 5) is 20.5. The van der Waals surface area contributed by atoms with Gasteiger partial charge < -0.3 is 14.4 Å². The van der Waals surface area contributed by atoms with E-state index in [0.29, 0.717) is 60.7 Å². The van der Waals surface area contributed by atoms with Crippen molar-refractivity contribution < 1.29 is 18.3 Å². The van der Waals surface area contributed by atoms with Crippen molar-refractivity contribution in [3.05, 3.63) is 41.2 Å². The fourth-order valence-electron chi connectivity index (χ4n) is 4.10. The molecule has 162 valence electrons. The van der Waals surface area contributed by atoms with Crippen LogP contribution in [0.1, 0.15) is 17.8 Å². The summed E-state index contributed by atoms with van der Waals surface area (Å²) < 4.78 is 39.7. The van der Waals surface area contributed by atoms with Crippen LogP contribution in [-0.4, -0.2) is 59.0 Å². The van der Waals surface area contributed by atoms with Crippen LogP contribution in [0.2, 0.25) is 0 Å². The van der Waals surface area contributed by atoms with E-state index in [2.05, 4.69) is 19.9 Å². The predicted molar refractivity (Wildman–Crippen MR) is 111 cm³/mol. The van der Waals surface area contributed by atoms with Gasteiger partial charge in [0.15, 0.2) is 5.65 Å². The number of aromatic nitrogens is 4. The highest BCUT2D eigenvalue weighted by atomic mass is 19.1. The molecular weight excluding hydrogens is 404 g/mol. The minimum Gasteiger partial charge on any atom is -0.381 e. The van der Waals surface area contributed by atoms with Crippen molar-refractivity contribution in [1.82, 2.24) is 19.9 Å². The van der Waals surface area contributed by atoms with Crippen molar-refractivity contribution in [2.75, 3.05) is 37.8 Å². The van der Waals surface area contributed by atoms with Gasteiger partial charge in [-0.2, -0.15) is 4.98 Å². The molecule has 2 saturated heterocycles. The maximum Gasteiger partial charge on any atom is 0.228 e. The molecule has 4 heterocycles. The summed E-state index contributed by atoms with van der Waals surface area (Å²) in [5.41, 5.74) is 2.71.